The number of alkyl halides is 3. The molecule has 10 heteroatoms. The maximum absolute atomic E-state index is 12.5. The van der Waals surface area contributed by atoms with Crippen LogP contribution in [0, 0.1) is 0 Å². The van der Waals surface area contributed by atoms with Crippen LogP contribution in [0.15, 0.2) is 30.6 Å². The second-order valence-electron chi connectivity index (χ2n) is 6.53. The van der Waals surface area contributed by atoms with Crippen molar-refractivity contribution in [2.45, 2.75) is 51.6 Å². The predicted octanol–water partition coefficient (Wildman–Crippen LogP) is 5.67. The Kier molecular flexibility index (Phi) is 8.58. The van der Waals surface area contributed by atoms with Crippen molar-refractivity contribution < 1.29 is 27.5 Å². The zero-order valence-electron chi connectivity index (χ0n) is 16.3. The number of aromatic nitrogens is 2. The number of nitrogens with one attached hydrogen (secondary N) is 1. The number of ether oxygens (including phenoxy) is 1. The SMILES string of the molecule is CCCCCCCC(=O)Oc1ccc(Cl)cc1C(=O)Nc1cnc(C(F)(F)F)nc1. The van der Waals surface area contributed by atoms with Gasteiger partial charge in [0.1, 0.15) is 5.75 Å². The fourth-order valence-corrected chi connectivity index (χ4v) is 2.72. The van der Waals surface area contributed by atoms with Gasteiger partial charge in [-0.1, -0.05) is 44.2 Å². The van der Waals surface area contributed by atoms with Crippen LogP contribution in [0.3, 0.4) is 0 Å². The molecule has 30 heavy (non-hydrogen) atoms. The van der Waals surface area contributed by atoms with E-state index >= 15 is 0 Å². The molecular formula is C20H21ClF3N3O3. The van der Waals surface area contributed by atoms with Crippen molar-refractivity contribution in [3.05, 3.63) is 47.0 Å². The summed E-state index contributed by atoms with van der Waals surface area (Å²) in [6.45, 7) is 2.10. The summed E-state index contributed by atoms with van der Waals surface area (Å²) in [5, 5.41) is 2.59. The molecule has 0 aliphatic carbocycles. The number of anilines is 1. The molecule has 0 aliphatic rings. The summed E-state index contributed by atoms with van der Waals surface area (Å²) < 4.78 is 42.9. The van der Waals surface area contributed by atoms with Crippen molar-refractivity contribution in [3.8, 4) is 5.75 Å². The number of carbonyl (C=O) groups is 2. The van der Waals surface area contributed by atoms with Crippen LogP contribution < -0.4 is 10.1 Å². The van der Waals surface area contributed by atoms with E-state index in [1.54, 1.807) is 0 Å². The number of hydrogen-bond donors (Lipinski definition) is 1. The van der Waals surface area contributed by atoms with Crippen LogP contribution in [-0.2, 0) is 11.0 Å². The monoisotopic (exact) mass is 443 g/mol. The maximum atomic E-state index is 12.5. The van der Waals surface area contributed by atoms with Gasteiger partial charge in [-0.3, -0.25) is 9.59 Å². The molecular weight excluding hydrogens is 423 g/mol. The molecule has 0 radical (unpaired) electrons. The molecule has 0 unspecified atom stereocenters. The molecule has 2 rings (SSSR count). The standard InChI is InChI=1S/C20H21ClF3N3O3/c1-2-3-4-5-6-7-17(28)30-16-9-8-13(21)10-15(16)18(29)27-14-11-25-19(26-12-14)20(22,23)24/h8-12H,2-7H2,1H3,(H,27,29). The largest absolute Gasteiger partial charge is 0.451 e. The Balaban J connectivity index is 2.04. The Morgan fingerprint density at radius 2 is 1.77 bits per heavy atom. The van der Waals surface area contributed by atoms with Gasteiger partial charge in [0.15, 0.2) is 0 Å². The van der Waals surface area contributed by atoms with Crippen LogP contribution in [0.4, 0.5) is 18.9 Å². The molecule has 162 valence electrons. The number of unbranched alkanes of at least 4 members (excludes halogenated alkanes) is 4. The molecule has 1 aromatic carbocycles. The van der Waals surface area contributed by atoms with Crippen LogP contribution in [0.25, 0.3) is 0 Å². The lowest BCUT2D eigenvalue weighted by atomic mass is 10.1. The number of benzene rings is 1. The first-order valence-corrected chi connectivity index (χ1v) is 9.79. The first kappa shape index (κ1) is 23.6. The molecule has 1 amide bonds. The lowest BCUT2D eigenvalue weighted by Gasteiger charge is -2.11. The van der Waals surface area contributed by atoms with Gasteiger partial charge in [0.05, 0.1) is 23.6 Å². The van der Waals surface area contributed by atoms with E-state index in [1.165, 1.54) is 18.2 Å². The molecule has 0 aliphatic heterocycles. The predicted molar refractivity (Wildman–Crippen MR) is 105 cm³/mol. The highest BCUT2D eigenvalue weighted by molar-refractivity contribution is 6.31. The van der Waals surface area contributed by atoms with Crippen LogP contribution >= 0.6 is 11.6 Å². The van der Waals surface area contributed by atoms with Crippen molar-refractivity contribution >= 4 is 29.2 Å². The third kappa shape index (κ3) is 7.29. The summed E-state index contributed by atoms with van der Waals surface area (Å²) in [6.07, 6.45) is 2.01. The third-order valence-electron chi connectivity index (χ3n) is 4.06. The van der Waals surface area contributed by atoms with Gasteiger partial charge in [-0.25, -0.2) is 9.97 Å². The quantitative estimate of drug-likeness (QED) is 0.307. The summed E-state index contributed by atoms with van der Waals surface area (Å²) in [7, 11) is 0. The summed E-state index contributed by atoms with van der Waals surface area (Å²) in [5.74, 6) is -2.53. The zero-order valence-corrected chi connectivity index (χ0v) is 17.0. The van der Waals surface area contributed by atoms with E-state index in [9.17, 15) is 22.8 Å². The van der Waals surface area contributed by atoms with Gasteiger partial charge in [0.25, 0.3) is 5.91 Å². The van der Waals surface area contributed by atoms with E-state index in [2.05, 4.69) is 22.2 Å². The summed E-state index contributed by atoms with van der Waals surface area (Å²) in [6, 6.07) is 4.14. The van der Waals surface area contributed by atoms with Crippen molar-refractivity contribution in [2.75, 3.05) is 5.32 Å². The molecule has 2 aromatic rings. The number of amides is 1. The van der Waals surface area contributed by atoms with E-state index in [4.69, 9.17) is 16.3 Å². The summed E-state index contributed by atoms with van der Waals surface area (Å²) in [5.41, 5.74) is -0.0945. The Labute approximate surface area is 176 Å². The van der Waals surface area contributed by atoms with Crippen molar-refractivity contribution in [3.63, 3.8) is 0 Å². The van der Waals surface area contributed by atoms with Gasteiger partial charge in [0, 0.05) is 11.4 Å². The maximum Gasteiger partial charge on any atom is 0.451 e. The topological polar surface area (TPSA) is 81.2 Å². The molecule has 1 N–H and O–H groups in total. The number of rotatable bonds is 9. The average molecular weight is 444 g/mol. The first-order valence-electron chi connectivity index (χ1n) is 9.41. The van der Waals surface area contributed by atoms with Gasteiger partial charge < -0.3 is 10.1 Å². The van der Waals surface area contributed by atoms with E-state index < -0.39 is 23.9 Å². The van der Waals surface area contributed by atoms with Gasteiger partial charge in [0.2, 0.25) is 5.82 Å². The average Bonchev–Trinajstić information content (AvgIpc) is 2.69. The van der Waals surface area contributed by atoms with Crippen LogP contribution in [0.2, 0.25) is 5.02 Å². The molecule has 1 aromatic heterocycles. The minimum absolute atomic E-state index is 0.00304. The van der Waals surface area contributed by atoms with E-state index in [0.717, 1.165) is 38.1 Å². The highest BCUT2D eigenvalue weighted by Gasteiger charge is 2.34. The molecule has 0 spiro atoms. The van der Waals surface area contributed by atoms with Crippen LogP contribution in [0.1, 0.15) is 61.6 Å². The highest BCUT2D eigenvalue weighted by atomic mass is 35.5. The molecule has 0 fully saturated rings. The van der Waals surface area contributed by atoms with E-state index in [-0.39, 0.29) is 28.4 Å². The lowest BCUT2D eigenvalue weighted by molar-refractivity contribution is -0.145. The van der Waals surface area contributed by atoms with Gasteiger partial charge in [-0.15, -0.1) is 0 Å². The highest BCUT2D eigenvalue weighted by Crippen LogP contribution is 2.27. The van der Waals surface area contributed by atoms with Crippen molar-refractivity contribution in [1.29, 1.82) is 0 Å². The molecule has 0 bridgehead atoms. The minimum Gasteiger partial charge on any atom is -0.426 e. The molecule has 0 saturated heterocycles. The fourth-order valence-electron chi connectivity index (χ4n) is 2.55. The molecule has 6 nitrogen and oxygen atoms in total. The second kappa shape index (κ2) is 10.9. The third-order valence-corrected chi connectivity index (χ3v) is 4.29. The van der Waals surface area contributed by atoms with Crippen LogP contribution in [0.5, 0.6) is 5.75 Å². The zero-order chi connectivity index (χ0) is 22.1. The van der Waals surface area contributed by atoms with Gasteiger partial charge >= 0.3 is 12.1 Å². The van der Waals surface area contributed by atoms with Crippen molar-refractivity contribution in [1.82, 2.24) is 9.97 Å². The first-order chi connectivity index (χ1) is 14.2. The number of esters is 1. The number of hydrogen-bond acceptors (Lipinski definition) is 5. The van der Waals surface area contributed by atoms with Crippen molar-refractivity contribution in [2.24, 2.45) is 0 Å². The Hall–Kier alpha value is -2.68. The summed E-state index contributed by atoms with van der Waals surface area (Å²) in [4.78, 5) is 31.0. The van der Waals surface area contributed by atoms with Gasteiger partial charge in [-0.2, -0.15) is 13.2 Å². The molecule has 1 heterocycles. The van der Waals surface area contributed by atoms with Crippen LogP contribution in [-0.4, -0.2) is 21.8 Å². The Morgan fingerprint density at radius 3 is 2.40 bits per heavy atom. The Morgan fingerprint density at radius 1 is 1.10 bits per heavy atom. The smallest absolute Gasteiger partial charge is 0.426 e. The fraction of sp³-hybridized carbons (Fsp3) is 0.400. The minimum atomic E-state index is -4.69. The number of nitrogens with zero attached hydrogens (tertiary/aromatic N) is 2. The lowest BCUT2D eigenvalue weighted by Crippen LogP contribution is -2.17. The summed E-state index contributed by atoms with van der Waals surface area (Å²) >= 11 is 5.93. The van der Waals surface area contributed by atoms with Gasteiger partial charge in [-0.05, 0) is 24.6 Å². The van der Waals surface area contributed by atoms with E-state index in [0.29, 0.717) is 6.42 Å². The number of halogens is 4. The second-order valence-corrected chi connectivity index (χ2v) is 6.96. The molecule has 0 atom stereocenters. The molecule has 0 saturated carbocycles. The van der Waals surface area contributed by atoms with E-state index in [1.807, 2.05) is 0 Å². The normalized spacial score (nSPS) is 11.2. The Bertz CT molecular complexity index is 874. The number of carbonyl (C=O) groups excluding carboxylic acids is 2.